The van der Waals surface area contributed by atoms with Gasteiger partial charge in [0.05, 0.1) is 0 Å². The van der Waals surface area contributed by atoms with E-state index in [1.807, 2.05) is 0 Å². The predicted molar refractivity (Wildman–Crippen MR) is 89.5 cm³/mol. The van der Waals surface area contributed by atoms with E-state index >= 15 is 0 Å². The van der Waals surface area contributed by atoms with Gasteiger partial charge in [-0.3, -0.25) is 0 Å². The molecule has 106 valence electrons. The van der Waals surface area contributed by atoms with Crippen molar-refractivity contribution in [3.05, 3.63) is 0 Å². The quantitative estimate of drug-likeness (QED) is 0.563. The normalized spacial score (nSPS) is 14.5. The number of hydrogen-bond donors (Lipinski definition) is 0. The average Bonchev–Trinajstić information content (AvgIpc) is 2.23. The lowest BCUT2D eigenvalue weighted by Crippen LogP contribution is -2.15. The van der Waals surface area contributed by atoms with E-state index in [1.54, 1.807) is 0 Å². The first-order valence-corrected chi connectivity index (χ1v) is 9.17. The zero-order chi connectivity index (χ0) is 13.8. The van der Waals surface area contributed by atoms with Crippen LogP contribution in [-0.2, 0) is 0 Å². The molecule has 0 aromatic rings. The third kappa shape index (κ3) is 16.7. The number of thioether (sulfide) groups is 2. The van der Waals surface area contributed by atoms with Gasteiger partial charge in [0.1, 0.15) is 0 Å². The monoisotopic (exact) mass is 278 g/mol. The first-order chi connectivity index (χ1) is 7.84. The molecule has 2 atom stereocenters. The molecule has 0 fully saturated rings. The van der Waals surface area contributed by atoms with E-state index in [0.717, 1.165) is 22.3 Å². The van der Waals surface area contributed by atoms with Crippen LogP contribution < -0.4 is 0 Å². The molecule has 0 amide bonds. The molecule has 0 heterocycles. The minimum Gasteiger partial charge on any atom is -0.159 e. The third-order valence-electron chi connectivity index (χ3n) is 2.36. The van der Waals surface area contributed by atoms with Gasteiger partial charge in [-0.25, -0.2) is 0 Å². The molecule has 0 saturated carbocycles. The fourth-order valence-electron chi connectivity index (χ4n) is 1.02. The van der Waals surface area contributed by atoms with Gasteiger partial charge in [0.25, 0.3) is 0 Å². The Morgan fingerprint density at radius 1 is 0.647 bits per heavy atom. The Hall–Kier alpha value is 0.700. The Morgan fingerprint density at radius 2 is 0.882 bits per heavy atom. The molecule has 0 radical (unpaired) electrons. The lowest BCUT2D eigenvalue weighted by molar-refractivity contribution is 0.471. The van der Waals surface area contributed by atoms with Crippen LogP contribution in [-0.4, -0.2) is 22.0 Å². The van der Waals surface area contributed by atoms with Crippen molar-refractivity contribution in [2.75, 3.05) is 11.5 Å². The molecule has 0 rings (SSSR count). The van der Waals surface area contributed by atoms with E-state index in [4.69, 9.17) is 0 Å². The molecule has 0 aliphatic carbocycles. The van der Waals surface area contributed by atoms with Gasteiger partial charge in [-0.2, -0.15) is 23.5 Å². The summed E-state index contributed by atoms with van der Waals surface area (Å²) in [5.74, 6) is 4.34. The highest BCUT2D eigenvalue weighted by molar-refractivity contribution is 8.00. The Labute approximate surface area is 119 Å². The van der Waals surface area contributed by atoms with Crippen molar-refractivity contribution in [3.8, 4) is 0 Å². The first kappa shape index (κ1) is 20.0. The van der Waals surface area contributed by atoms with Crippen molar-refractivity contribution in [1.29, 1.82) is 0 Å². The molecule has 0 aliphatic heterocycles. The summed E-state index contributed by atoms with van der Waals surface area (Å²) in [5, 5.41) is 1.56. The summed E-state index contributed by atoms with van der Waals surface area (Å²) < 4.78 is 0. The van der Waals surface area contributed by atoms with Crippen LogP contribution in [0.4, 0.5) is 0 Å². The molecule has 0 N–H and O–H groups in total. The Kier molecular flexibility index (Phi) is 15.5. The van der Waals surface area contributed by atoms with Gasteiger partial charge < -0.3 is 0 Å². The predicted octanol–water partition coefficient (Wildman–Crippen LogP) is 5.96. The molecule has 0 aromatic carbocycles. The van der Waals surface area contributed by atoms with Crippen molar-refractivity contribution in [2.45, 2.75) is 72.3 Å². The summed E-state index contributed by atoms with van der Waals surface area (Å²) in [6.45, 7) is 18.2. The van der Waals surface area contributed by atoms with Crippen LogP contribution in [0.2, 0.25) is 0 Å². The summed E-state index contributed by atoms with van der Waals surface area (Å²) >= 11 is 4.19. The lowest BCUT2D eigenvalue weighted by atomic mass is 10.0. The maximum Gasteiger partial charge on any atom is -0.000958 e. The first-order valence-electron chi connectivity index (χ1n) is 7.08. The second kappa shape index (κ2) is 13.1. The summed E-state index contributed by atoms with van der Waals surface area (Å²) in [4.78, 5) is 0. The summed E-state index contributed by atoms with van der Waals surface area (Å²) in [7, 11) is 0. The molecular weight excluding hydrogens is 244 g/mol. The SMILES string of the molecule is CC(C)SCC(C)C(C)CSC(C)C.CCC. The van der Waals surface area contributed by atoms with Crippen LogP contribution in [0.1, 0.15) is 61.8 Å². The van der Waals surface area contributed by atoms with Crippen LogP contribution in [0.15, 0.2) is 0 Å². The molecule has 0 saturated heterocycles. The molecule has 2 heteroatoms. The van der Waals surface area contributed by atoms with Crippen molar-refractivity contribution < 1.29 is 0 Å². The minimum absolute atomic E-state index is 0.780. The van der Waals surface area contributed by atoms with Gasteiger partial charge in [-0.15, -0.1) is 0 Å². The minimum atomic E-state index is 0.780. The summed E-state index contributed by atoms with van der Waals surface area (Å²) in [6.07, 6.45) is 1.25. The van der Waals surface area contributed by atoms with Crippen LogP contribution in [0.25, 0.3) is 0 Å². The van der Waals surface area contributed by atoms with Crippen molar-refractivity contribution in [2.24, 2.45) is 11.8 Å². The van der Waals surface area contributed by atoms with E-state index in [1.165, 1.54) is 17.9 Å². The molecule has 0 bridgehead atoms. The van der Waals surface area contributed by atoms with E-state index < -0.39 is 0 Å². The lowest BCUT2D eigenvalue weighted by Gasteiger charge is -2.21. The largest absolute Gasteiger partial charge is 0.159 e. The van der Waals surface area contributed by atoms with Gasteiger partial charge in [0, 0.05) is 0 Å². The van der Waals surface area contributed by atoms with E-state index in [-0.39, 0.29) is 0 Å². The average molecular weight is 279 g/mol. The molecule has 17 heavy (non-hydrogen) atoms. The van der Waals surface area contributed by atoms with Crippen molar-refractivity contribution in [1.82, 2.24) is 0 Å². The van der Waals surface area contributed by atoms with Gasteiger partial charge in [0.15, 0.2) is 0 Å². The van der Waals surface area contributed by atoms with Gasteiger partial charge in [0.2, 0.25) is 0 Å². The Bertz CT molecular complexity index is 128. The Balaban J connectivity index is 0. The van der Waals surface area contributed by atoms with Crippen LogP contribution >= 0.6 is 23.5 Å². The smallest absolute Gasteiger partial charge is 0.000958 e. The molecule has 0 aromatic heterocycles. The number of hydrogen-bond acceptors (Lipinski definition) is 2. The fraction of sp³-hybridized carbons (Fsp3) is 1.00. The highest BCUT2D eigenvalue weighted by atomic mass is 32.2. The topological polar surface area (TPSA) is 0 Å². The molecule has 0 spiro atoms. The highest BCUT2D eigenvalue weighted by Gasteiger charge is 2.13. The zero-order valence-corrected chi connectivity index (χ0v) is 14.9. The van der Waals surface area contributed by atoms with Crippen molar-refractivity contribution in [3.63, 3.8) is 0 Å². The highest BCUT2D eigenvalue weighted by Crippen LogP contribution is 2.24. The van der Waals surface area contributed by atoms with Crippen LogP contribution in [0.5, 0.6) is 0 Å². The molecule has 2 unspecified atom stereocenters. The van der Waals surface area contributed by atoms with Crippen LogP contribution in [0.3, 0.4) is 0 Å². The Morgan fingerprint density at radius 3 is 1.06 bits per heavy atom. The van der Waals surface area contributed by atoms with E-state index in [2.05, 4.69) is 78.9 Å². The van der Waals surface area contributed by atoms with Crippen LogP contribution in [0, 0.1) is 11.8 Å². The summed E-state index contributed by atoms with van der Waals surface area (Å²) in [6, 6.07) is 0. The zero-order valence-electron chi connectivity index (χ0n) is 13.2. The third-order valence-corrected chi connectivity index (χ3v) is 5.13. The standard InChI is InChI=1S/C12H26S2.C3H8/c1-9(2)13-7-11(5)12(6)8-14-10(3)4;1-3-2/h9-12H,7-8H2,1-6H3;3H2,1-2H3. The summed E-state index contributed by atoms with van der Waals surface area (Å²) in [5.41, 5.74) is 0. The maximum absolute atomic E-state index is 2.39. The van der Waals surface area contributed by atoms with Gasteiger partial charge >= 0.3 is 0 Å². The van der Waals surface area contributed by atoms with Crippen molar-refractivity contribution >= 4 is 23.5 Å². The fourth-order valence-corrected chi connectivity index (χ4v) is 3.05. The number of rotatable bonds is 7. The molecular formula is C15H34S2. The maximum atomic E-state index is 2.39. The molecule has 0 aliphatic rings. The van der Waals surface area contributed by atoms with Gasteiger partial charge in [-0.05, 0) is 33.8 Å². The molecule has 0 nitrogen and oxygen atoms in total. The van der Waals surface area contributed by atoms with E-state index in [0.29, 0.717) is 0 Å². The van der Waals surface area contributed by atoms with E-state index in [9.17, 15) is 0 Å². The second-order valence-corrected chi connectivity index (χ2v) is 8.64. The second-order valence-electron chi connectivity index (χ2n) is 5.43. The van der Waals surface area contributed by atoms with Gasteiger partial charge in [-0.1, -0.05) is 61.8 Å².